The first kappa shape index (κ1) is 25.3. The molecule has 188 valence electrons. The number of fused-ring (bicyclic) bond motifs is 5. The van der Waals surface area contributed by atoms with E-state index in [9.17, 15) is 4.79 Å². The summed E-state index contributed by atoms with van der Waals surface area (Å²) in [5.41, 5.74) is 2.69. The molecule has 33 heavy (non-hydrogen) atoms. The molecule has 0 aliphatic heterocycles. The van der Waals surface area contributed by atoms with E-state index in [0.29, 0.717) is 16.7 Å². The number of esters is 1. The standard InChI is InChI=1S/C31H52O2/c1-8-23(20(2)3)10-9-21(4)27-13-14-28-26-12-11-24-19-25(33-22(5)32)15-17-30(24,6)29(26)16-18-31(27,28)7/h8,20-21,24-29H,9-19H2,1-7H3/b23-8-/t21-,24+,25+,26+,27-,28+,29+,30+,31-/m1/s1. The fourth-order valence-corrected chi connectivity index (χ4v) is 9.90. The van der Waals surface area contributed by atoms with Gasteiger partial charge < -0.3 is 4.74 Å². The van der Waals surface area contributed by atoms with Gasteiger partial charge in [0.15, 0.2) is 0 Å². The van der Waals surface area contributed by atoms with Crippen molar-refractivity contribution in [2.45, 2.75) is 125 Å². The van der Waals surface area contributed by atoms with Crippen molar-refractivity contribution in [3.05, 3.63) is 11.6 Å². The second kappa shape index (κ2) is 9.69. The Kier molecular flexibility index (Phi) is 7.43. The van der Waals surface area contributed by atoms with Crippen LogP contribution in [-0.4, -0.2) is 12.1 Å². The van der Waals surface area contributed by atoms with Crippen LogP contribution in [0.25, 0.3) is 0 Å². The molecule has 0 radical (unpaired) electrons. The molecule has 4 aliphatic carbocycles. The first-order valence-corrected chi connectivity index (χ1v) is 14.4. The summed E-state index contributed by atoms with van der Waals surface area (Å²) in [6, 6.07) is 0. The molecule has 0 heterocycles. The Morgan fingerprint density at radius 1 is 0.970 bits per heavy atom. The molecule has 0 amide bonds. The summed E-state index contributed by atoms with van der Waals surface area (Å²) in [5.74, 6) is 5.90. The minimum Gasteiger partial charge on any atom is -0.463 e. The van der Waals surface area contributed by atoms with Crippen LogP contribution in [0.1, 0.15) is 119 Å². The number of ether oxygens (including phenoxy) is 1. The fraction of sp³-hybridized carbons (Fsp3) is 0.903. The molecule has 0 aromatic heterocycles. The number of rotatable bonds is 6. The van der Waals surface area contributed by atoms with Crippen LogP contribution >= 0.6 is 0 Å². The summed E-state index contributed by atoms with van der Waals surface area (Å²) in [6.07, 6.45) is 17.3. The Bertz CT molecular complexity index is 737. The zero-order chi connectivity index (χ0) is 24.0. The molecule has 9 atom stereocenters. The number of carbonyl (C=O) groups excluding carboxylic acids is 1. The third-order valence-corrected chi connectivity index (χ3v) is 11.7. The summed E-state index contributed by atoms with van der Waals surface area (Å²) < 4.78 is 5.67. The Morgan fingerprint density at radius 3 is 2.33 bits per heavy atom. The molecule has 4 rings (SSSR count). The highest BCUT2D eigenvalue weighted by atomic mass is 16.5. The molecule has 0 unspecified atom stereocenters. The predicted molar refractivity (Wildman–Crippen MR) is 138 cm³/mol. The lowest BCUT2D eigenvalue weighted by atomic mass is 9.44. The van der Waals surface area contributed by atoms with Gasteiger partial charge >= 0.3 is 5.97 Å². The van der Waals surface area contributed by atoms with Gasteiger partial charge in [0.25, 0.3) is 0 Å². The van der Waals surface area contributed by atoms with Crippen LogP contribution in [0.3, 0.4) is 0 Å². The van der Waals surface area contributed by atoms with Crippen LogP contribution in [0.4, 0.5) is 0 Å². The molecule has 2 nitrogen and oxygen atoms in total. The Hall–Kier alpha value is -0.790. The quantitative estimate of drug-likeness (QED) is 0.295. The average Bonchev–Trinajstić information content (AvgIpc) is 3.11. The normalized spacial score (nSPS) is 44.1. The van der Waals surface area contributed by atoms with Gasteiger partial charge in [-0.15, -0.1) is 0 Å². The smallest absolute Gasteiger partial charge is 0.302 e. The van der Waals surface area contributed by atoms with Crippen LogP contribution in [0.5, 0.6) is 0 Å². The third-order valence-electron chi connectivity index (χ3n) is 11.7. The van der Waals surface area contributed by atoms with Gasteiger partial charge in [-0.25, -0.2) is 0 Å². The van der Waals surface area contributed by atoms with E-state index in [1.807, 2.05) is 0 Å². The van der Waals surface area contributed by atoms with Gasteiger partial charge in [-0.3, -0.25) is 4.79 Å². The van der Waals surface area contributed by atoms with Gasteiger partial charge in [-0.05, 0) is 130 Å². The van der Waals surface area contributed by atoms with Crippen LogP contribution in [0, 0.1) is 52.3 Å². The maximum atomic E-state index is 11.5. The zero-order valence-electron chi connectivity index (χ0n) is 22.8. The zero-order valence-corrected chi connectivity index (χ0v) is 22.8. The summed E-state index contributed by atoms with van der Waals surface area (Å²) >= 11 is 0. The van der Waals surface area contributed by atoms with Gasteiger partial charge in [-0.1, -0.05) is 46.3 Å². The molecule has 4 saturated carbocycles. The van der Waals surface area contributed by atoms with Crippen LogP contribution in [0.2, 0.25) is 0 Å². The van der Waals surface area contributed by atoms with E-state index in [2.05, 4.69) is 47.6 Å². The molecule has 0 bridgehead atoms. The predicted octanol–water partition coefficient (Wildman–Crippen LogP) is 8.60. The lowest BCUT2D eigenvalue weighted by Gasteiger charge is -2.61. The van der Waals surface area contributed by atoms with E-state index in [-0.39, 0.29) is 12.1 Å². The number of carbonyl (C=O) groups is 1. The second-order valence-corrected chi connectivity index (χ2v) is 13.4. The summed E-state index contributed by atoms with van der Waals surface area (Å²) in [6.45, 7) is 16.4. The highest BCUT2D eigenvalue weighted by Crippen LogP contribution is 2.68. The van der Waals surface area contributed by atoms with Gasteiger partial charge in [0, 0.05) is 6.92 Å². The topological polar surface area (TPSA) is 26.3 Å². The molecular formula is C31H52O2. The second-order valence-electron chi connectivity index (χ2n) is 13.4. The maximum Gasteiger partial charge on any atom is 0.302 e. The van der Waals surface area contributed by atoms with Crippen LogP contribution < -0.4 is 0 Å². The monoisotopic (exact) mass is 456 g/mol. The maximum absolute atomic E-state index is 11.5. The van der Waals surface area contributed by atoms with Crippen molar-refractivity contribution in [3.8, 4) is 0 Å². The Balaban J connectivity index is 1.43. The summed E-state index contributed by atoms with van der Waals surface area (Å²) in [4.78, 5) is 11.5. The van der Waals surface area contributed by atoms with Crippen molar-refractivity contribution in [2.24, 2.45) is 52.3 Å². The number of hydrogen-bond donors (Lipinski definition) is 0. The minimum atomic E-state index is -0.0909. The minimum absolute atomic E-state index is 0.0909. The van der Waals surface area contributed by atoms with Gasteiger partial charge in [0.2, 0.25) is 0 Å². The highest BCUT2D eigenvalue weighted by molar-refractivity contribution is 5.66. The molecule has 0 N–H and O–H groups in total. The number of hydrogen-bond acceptors (Lipinski definition) is 2. The SMILES string of the molecule is C/C=C(/CC[C@@H](C)[C@H]1CC[C@H]2[C@@H]3CC[C@H]4C[C@@H](OC(C)=O)CC[C@]4(C)[C@H]3CC[C@]12C)C(C)C. The molecule has 0 saturated heterocycles. The van der Waals surface area contributed by atoms with Gasteiger partial charge in [-0.2, -0.15) is 0 Å². The van der Waals surface area contributed by atoms with Crippen LogP contribution in [-0.2, 0) is 9.53 Å². The number of allylic oxidation sites excluding steroid dienone is 2. The highest BCUT2D eigenvalue weighted by Gasteiger charge is 2.60. The molecule has 0 spiro atoms. The first-order chi connectivity index (χ1) is 15.6. The molecule has 4 aliphatic rings. The van der Waals surface area contributed by atoms with E-state index in [1.165, 1.54) is 57.8 Å². The van der Waals surface area contributed by atoms with E-state index >= 15 is 0 Å². The fourth-order valence-electron chi connectivity index (χ4n) is 9.90. The van der Waals surface area contributed by atoms with E-state index in [1.54, 1.807) is 12.5 Å². The lowest BCUT2D eigenvalue weighted by Crippen LogP contribution is -2.54. The van der Waals surface area contributed by atoms with Crippen LogP contribution in [0.15, 0.2) is 11.6 Å². The molecule has 0 aromatic carbocycles. The summed E-state index contributed by atoms with van der Waals surface area (Å²) in [7, 11) is 0. The molecule has 0 aromatic rings. The molecule has 4 fully saturated rings. The average molecular weight is 457 g/mol. The van der Waals surface area contributed by atoms with Gasteiger partial charge in [0.05, 0.1) is 0 Å². The summed E-state index contributed by atoms with van der Waals surface area (Å²) in [5, 5.41) is 0. The van der Waals surface area contributed by atoms with E-state index < -0.39 is 0 Å². The van der Waals surface area contributed by atoms with Crippen molar-refractivity contribution in [1.29, 1.82) is 0 Å². The van der Waals surface area contributed by atoms with Crippen molar-refractivity contribution in [3.63, 3.8) is 0 Å². The van der Waals surface area contributed by atoms with Crippen molar-refractivity contribution >= 4 is 5.97 Å². The van der Waals surface area contributed by atoms with E-state index in [4.69, 9.17) is 4.74 Å². The lowest BCUT2D eigenvalue weighted by molar-refractivity contribution is -0.160. The Labute approximate surface area is 204 Å². The first-order valence-electron chi connectivity index (χ1n) is 14.4. The molecule has 2 heteroatoms. The van der Waals surface area contributed by atoms with Gasteiger partial charge in [0.1, 0.15) is 6.10 Å². The van der Waals surface area contributed by atoms with E-state index in [0.717, 1.165) is 48.3 Å². The van der Waals surface area contributed by atoms with Crippen molar-refractivity contribution in [1.82, 2.24) is 0 Å². The third kappa shape index (κ3) is 4.58. The largest absolute Gasteiger partial charge is 0.463 e. The van der Waals surface area contributed by atoms with Crippen molar-refractivity contribution < 1.29 is 9.53 Å². The van der Waals surface area contributed by atoms with Crippen molar-refractivity contribution in [2.75, 3.05) is 0 Å². The Morgan fingerprint density at radius 2 is 1.67 bits per heavy atom. The molecular weight excluding hydrogens is 404 g/mol.